The minimum atomic E-state index is -0.119. The van der Waals surface area contributed by atoms with Crippen LogP contribution in [0, 0.1) is 0 Å². The van der Waals surface area contributed by atoms with Gasteiger partial charge in [0.2, 0.25) is 0 Å². The molecule has 0 aliphatic heterocycles. The van der Waals surface area contributed by atoms with E-state index in [-0.39, 0.29) is 22.2 Å². The number of hydrogen-bond acceptors (Lipinski definition) is 5. The summed E-state index contributed by atoms with van der Waals surface area (Å²) in [6.45, 7) is 19.6. The third kappa shape index (κ3) is 8.52. The van der Waals surface area contributed by atoms with Crippen molar-refractivity contribution in [3.63, 3.8) is 0 Å². The molecule has 3 heterocycles. The van der Waals surface area contributed by atoms with Gasteiger partial charge in [-0.25, -0.2) is 4.98 Å². The zero-order chi connectivity index (χ0) is 27.1. The summed E-state index contributed by atoms with van der Waals surface area (Å²) in [5, 5.41) is 9.03. The lowest BCUT2D eigenvalue weighted by Crippen LogP contribution is -2.19. The van der Waals surface area contributed by atoms with Crippen LogP contribution in [0.1, 0.15) is 88.9 Å². The number of nitrogens with one attached hydrogen (secondary N) is 1. The van der Waals surface area contributed by atoms with E-state index < -0.39 is 0 Å². The molecule has 0 unspecified atom stereocenters. The maximum absolute atomic E-state index is 11.2. The zero-order valence-electron chi connectivity index (χ0n) is 23.4. The van der Waals surface area contributed by atoms with Gasteiger partial charge in [0, 0.05) is 34.9 Å². The Morgan fingerprint density at radius 3 is 1.94 bits per heavy atom. The summed E-state index contributed by atoms with van der Waals surface area (Å²) >= 11 is 3.37. The van der Waals surface area contributed by atoms with Crippen LogP contribution >= 0.6 is 22.7 Å². The summed E-state index contributed by atoms with van der Waals surface area (Å²) in [5.41, 5.74) is 3.78. The summed E-state index contributed by atoms with van der Waals surface area (Å²) in [7, 11) is 1.61. The number of nitrogens with zero attached hydrogens (tertiary/aromatic N) is 2. The number of benzene rings is 1. The number of pyridine rings is 1. The predicted octanol–water partition coefficient (Wildman–Crippen LogP) is 8.38. The maximum atomic E-state index is 11.2. The summed E-state index contributed by atoms with van der Waals surface area (Å²) in [6, 6.07) is 12.7. The molecule has 0 spiro atoms. The molecule has 4 aromatic rings. The molecule has 0 saturated heterocycles. The average Bonchev–Trinajstić information content (AvgIpc) is 3.47. The van der Waals surface area contributed by atoms with Gasteiger partial charge in [-0.3, -0.25) is 9.78 Å². The van der Waals surface area contributed by atoms with Crippen LogP contribution in [-0.4, -0.2) is 22.9 Å². The Morgan fingerprint density at radius 2 is 1.47 bits per heavy atom. The number of carbonyl (C=O) groups is 1. The van der Waals surface area contributed by atoms with Gasteiger partial charge in [-0.2, -0.15) is 0 Å². The second-order valence-corrected chi connectivity index (χ2v) is 13.5. The monoisotopic (exact) mass is 523 g/mol. The molecule has 0 bridgehead atoms. The van der Waals surface area contributed by atoms with E-state index in [1.54, 1.807) is 18.6 Å². The quantitative estimate of drug-likeness (QED) is 0.273. The first-order valence-corrected chi connectivity index (χ1v) is 14.0. The van der Waals surface area contributed by atoms with Crippen LogP contribution in [0.25, 0.3) is 10.1 Å². The lowest BCUT2D eigenvalue weighted by molar-refractivity contribution is 0.0958. The highest BCUT2D eigenvalue weighted by Gasteiger charge is 2.20. The molecule has 0 radical (unpaired) electrons. The van der Waals surface area contributed by atoms with Crippen LogP contribution in [0.5, 0.6) is 0 Å². The van der Waals surface area contributed by atoms with Crippen molar-refractivity contribution in [2.24, 2.45) is 0 Å². The standard InChI is InChI=1S/C12H14S.C9H14N2OS.C9H13N/c1-12(2,3)10-8-13-11-7-5-4-6-9(10)11;1-9(2,3)8-11-6(5-13-8)7(12)10-4;1-9(2,3)8-5-4-6-10-7-8/h4-8H,1-3H3;5H,1-4H3,(H,10,12);4-7H,1-3H3. The predicted molar refractivity (Wildman–Crippen MR) is 158 cm³/mol. The van der Waals surface area contributed by atoms with Crippen molar-refractivity contribution in [1.29, 1.82) is 0 Å². The van der Waals surface area contributed by atoms with Crippen LogP contribution in [0.3, 0.4) is 0 Å². The molecular formula is C30H41N3OS2. The van der Waals surface area contributed by atoms with E-state index in [1.807, 2.05) is 23.6 Å². The van der Waals surface area contributed by atoms with Gasteiger partial charge in [-0.1, -0.05) is 86.6 Å². The van der Waals surface area contributed by atoms with Gasteiger partial charge >= 0.3 is 0 Å². The first-order valence-electron chi connectivity index (χ1n) is 12.2. The number of amides is 1. The highest BCUT2D eigenvalue weighted by Crippen LogP contribution is 2.34. The Kier molecular flexibility index (Phi) is 9.98. The molecule has 1 N–H and O–H groups in total. The summed E-state index contributed by atoms with van der Waals surface area (Å²) in [6.07, 6.45) is 3.72. The Labute approximate surface area is 225 Å². The average molecular weight is 524 g/mol. The molecule has 0 fully saturated rings. The fourth-order valence-electron chi connectivity index (χ4n) is 3.22. The Morgan fingerprint density at radius 1 is 0.806 bits per heavy atom. The highest BCUT2D eigenvalue weighted by molar-refractivity contribution is 7.17. The molecule has 1 aromatic carbocycles. The van der Waals surface area contributed by atoms with E-state index in [2.05, 4.69) is 113 Å². The van der Waals surface area contributed by atoms with Crippen LogP contribution in [-0.2, 0) is 16.2 Å². The normalized spacial score (nSPS) is 11.7. The van der Waals surface area contributed by atoms with E-state index in [4.69, 9.17) is 0 Å². The molecule has 36 heavy (non-hydrogen) atoms. The molecule has 194 valence electrons. The molecule has 6 heteroatoms. The first kappa shape index (κ1) is 29.7. The van der Waals surface area contributed by atoms with E-state index >= 15 is 0 Å². The third-order valence-corrected chi connectivity index (χ3v) is 7.65. The van der Waals surface area contributed by atoms with Gasteiger partial charge < -0.3 is 5.32 Å². The molecular weight excluding hydrogens is 482 g/mol. The van der Waals surface area contributed by atoms with Gasteiger partial charge in [-0.05, 0) is 44.9 Å². The zero-order valence-corrected chi connectivity index (χ0v) is 25.0. The van der Waals surface area contributed by atoms with Crippen molar-refractivity contribution in [2.75, 3.05) is 7.05 Å². The second kappa shape index (κ2) is 12.1. The number of aromatic nitrogens is 2. The van der Waals surface area contributed by atoms with Gasteiger partial charge in [0.25, 0.3) is 5.91 Å². The number of fused-ring (bicyclic) bond motifs is 1. The van der Waals surface area contributed by atoms with Crippen molar-refractivity contribution < 1.29 is 4.79 Å². The summed E-state index contributed by atoms with van der Waals surface area (Å²) in [4.78, 5) is 19.5. The van der Waals surface area contributed by atoms with Crippen molar-refractivity contribution in [2.45, 2.75) is 78.6 Å². The Balaban J connectivity index is 0.000000192. The maximum Gasteiger partial charge on any atom is 0.270 e. The van der Waals surface area contributed by atoms with E-state index in [0.29, 0.717) is 5.69 Å². The number of thiazole rings is 1. The van der Waals surface area contributed by atoms with Crippen LogP contribution in [0.2, 0.25) is 0 Å². The Hall–Kier alpha value is -2.57. The van der Waals surface area contributed by atoms with E-state index in [0.717, 1.165) is 5.01 Å². The molecule has 4 nitrogen and oxygen atoms in total. The van der Waals surface area contributed by atoms with Gasteiger partial charge in [-0.15, -0.1) is 22.7 Å². The van der Waals surface area contributed by atoms with E-state index in [1.165, 1.54) is 32.5 Å². The molecule has 4 rings (SSSR count). The van der Waals surface area contributed by atoms with Crippen LogP contribution < -0.4 is 5.32 Å². The minimum Gasteiger partial charge on any atom is -0.354 e. The minimum absolute atomic E-state index is 0.0247. The highest BCUT2D eigenvalue weighted by atomic mass is 32.1. The lowest BCUT2D eigenvalue weighted by atomic mass is 9.87. The van der Waals surface area contributed by atoms with Gasteiger partial charge in [0.05, 0.1) is 5.01 Å². The van der Waals surface area contributed by atoms with Gasteiger partial charge in [0.1, 0.15) is 5.69 Å². The fraction of sp³-hybridized carbons (Fsp3) is 0.433. The number of carbonyl (C=O) groups excluding carboxylic acids is 1. The van der Waals surface area contributed by atoms with Crippen molar-refractivity contribution in [3.8, 4) is 0 Å². The van der Waals surface area contributed by atoms with Crippen molar-refractivity contribution in [3.05, 3.63) is 81.4 Å². The van der Waals surface area contributed by atoms with Crippen molar-refractivity contribution in [1.82, 2.24) is 15.3 Å². The summed E-state index contributed by atoms with van der Waals surface area (Å²) in [5.74, 6) is -0.119. The van der Waals surface area contributed by atoms with E-state index in [9.17, 15) is 4.79 Å². The lowest BCUT2D eigenvalue weighted by Gasteiger charge is -2.17. The fourth-order valence-corrected chi connectivity index (χ4v) is 5.29. The first-order chi connectivity index (χ1) is 16.6. The molecule has 0 saturated carbocycles. The molecule has 3 aromatic heterocycles. The number of thiophene rings is 1. The summed E-state index contributed by atoms with van der Waals surface area (Å²) < 4.78 is 1.40. The van der Waals surface area contributed by atoms with Crippen LogP contribution in [0.15, 0.2) is 59.6 Å². The SMILES string of the molecule is CC(C)(C)c1cccnc1.CC(C)(C)c1csc2ccccc12.CNC(=O)c1csc(C(C)(C)C)n1. The van der Waals surface area contributed by atoms with Crippen molar-refractivity contribution >= 4 is 38.7 Å². The topological polar surface area (TPSA) is 54.9 Å². The molecule has 0 aliphatic carbocycles. The molecule has 0 aliphatic rings. The number of hydrogen-bond donors (Lipinski definition) is 1. The third-order valence-electron chi connectivity index (χ3n) is 5.42. The molecule has 0 atom stereocenters. The van der Waals surface area contributed by atoms with Gasteiger partial charge in [0.15, 0.2) is 0 Å². The molecule has 1 amide bonds. The number of rotatable bonds is 1. The largest absolute Gasteiger partial charge is 0.354 e. The smallest absolute Gasteiger partial charge is 0.270 e. The Bertz CT molecular complexity index is 1240. The van der Waals surface area contributed by atoms with Crippen LogP contribution in [0.4, 0.5) is 0 Å². The second-order valence-electron chi connectivity index (χ2n) is 11.8.